The second-order valence-electron chi connectivity index (χ2n) is 9.39. The van der Waals surface area contributed by atoms with Crippen molar-refractivity contribution < 1.29 is 9.53 Å². The van der Waals surface area contributed by atoms with Gasteiger partial charge in [-0.3, -0.25) is 9.69 Å². The van der Waals surface area contributed by atoms with Gasteiger partial charge >= 0.3 is 0 Å². The van der Waals surface area contributed by atoms with E-state index in [2.05, 4.69) is 54.9 Å². The Morgan fingerprint density at radius 1 is 1.00 bits per heavy atom. The lowest BCUT2D eigenvalue weighted by Crippen LogP contribution is -2.36. The van der Waals surface area contributed by atoms with Crippen LogP contribution in [0.2, 0.25) is 0 Å². The summed E-state index contributed by atoms with van der Waals surface area (Å²) in [6.07, 6.45) is 2.81. The fourth-order valence-electron chi connectivity index (χ4n) is 4.29. The molecule has 1 atom stereocenters. The fourth-order valence-corrected chi connectivity index (χ4v) is 5.62. The summed E-state index contributed by atoms with van der Waals surface area (Å²) in [6, 6.07) is 28.4. The molecule has 6 heteroatoms. The van der Waals surface area contributed by atoms with Gasteiger partial charge in [-0.15, -0.1) is 0 Å². The number of amidine groups is 1. The van der Waals surface area contributed by atoms with E-state index in [-0.39, 0.29) is 11.9 Å². The number of halogens is 1. The lowest BCUT2D eigenvalue weighted by molar-refractivity contribution is -0.123. The Balaban J connectivity index is 1.55. The zero-order valence-electron chi connectivity index (χ0n) is 21.6. The van der Waals surface area contributed by atoms with Crippen LogP contribution in [-0.2, 0) is 11.4 Å². The first-order valence-corrected chi connectivity index (χ1v) is 14.3. The smallest absolute Gasteiger partial charge is 0.267 e. The van der Waals surface area contributed by atoms with E-state index in [1.807, 2.05) is 77.7 Å². The molecule has 1 aliphatic heterocycles. The van der Waals surface area contributed by atoms with E-state index in [4.69, 9.17) is 9.73 Å². The molecule has 1 amide bonds. The van der Waals surface area contributed by atoms with Gasteiger partial charge in [-0.05, 0) is 84.8 Å². The van der Waals surface area contributed by atoms with Crippen LogP contribution in [-0.4, -0.2) is 22.0 Å². The number of carbonyl (C=O) groups excluding carboxylic acids is 1. The third-order valence-corrected chi connectivity index (χ3v) is 8.15. The molecule has 0 bridgehead atoms. The van der Waals surface area contributed by atoms with Crippen molar-refractivity contribution in [2.45, 2.75) is 39.8 Å². The maximum Gasteiger partial charge on any atom is 0.267 e. The van der Waals surface area contributed by atoms with Crippen LogP contribution in [0.25, 0.3) is 16.8 Å². The molecule has 0 aromatic heterocycles. The number of fused-ring (bicyclic) bond motifs is 1. The molecule has 38 heavy (non-hydrogen) atoms. The third-order valence-electron chi connectivity index (χ3n) is 6.64. The Morgan fingerprint density at radius 3 is 2.47 bits per heavy atom. The van der Waals surface area contributed by atoms with Crippen LogP contribution in [0.15, 0.2) is 99.3 Å². The van der Waals surface area contributed by atoms with Crippen LogP contribution in [0, 0.1) is 6.92 Å². The lowest BCUT2D eigenvalue weighted by Gasteiger charge is -2.22. The molecule has 1 aliphatic rings. The predicted molar refractivity (Wildman–Crippen MR) is 163 cm³/mol. The number of rotatable bonds is 7. The van der Waals surface area contributed by atoms with Crippen LogP contribution in [0.3, 0.4) is 0 Å². The Kier molecular flexibility index (Phi) is 8.01. The maximum atomic E-state index is 13.7. The van der Waals surface area contributed by atoms with Gasteiger partial charge in [0.1, 0.15) is 12.4 Å². The minimum atomic E-state index is -0.0259. The molecule has 4 aromatic carbocycles. The van der Waals surface area contributed by atoms with E-state index in [0.717, 1.165) is 44.2 Å². The molecule has 1 saturated heterocycles. The van der Waals surface area contributed by atoms with E-state index in [1.165, 1.54) is 17.3 Å². The Labute approximate surface area is 236 Å². The highest BCUT2D eigenvalue weighted by Crippen LogP contribution is 2.39. The number of hydrogen-bond acceptors (Lipinski definition) is 4. The Morgan fingerprint density at radius 2 is 1.74 bits per heavy atom. The summed E-state index contributed by atoms with van der Waals surface area (Å²) in [5, 5.41) is 2.84. The minimum Gasteiger partial charge on any atom is -0.488 e. The fraction of sp³-hybridized carbons (Fsp3) is 0.188. The van der Waals surface area contributed by atoms with E-state index in [1.54, 1.807) is 0 Å². The summed E-state index contributed by atoms with van der Waals surface area (Å²) < 4.78 is 7.35. The number of nitrogens with zero attached hydrogens (tertiary/aromatic N) is 2. The molecule has 4 aromatic rings. The van der Waals surface area contributed by atoms with Gasteiger partial charge < -0.3 is 4.74 Å². The number of aliphatic imine (C=N–C) groups is 1. The van der Waals surface area contributed by atoms with Crippen molar-refractivity contribution in [3.63, 3.8) is 0 Å². The highest BCUT2D eigenvalue weighted by atomic mass is 79.9. The number of ether oxygens (including phenoxy) is 1. The Bertz CT molecular complexity index is 1530. The zero-order valence-corrected chi connectivity index (χ0v) is 24.1. The van der Waals surface area contributed by atoms with Gasteiger partial charge in [0.25, 0.3) is 5.91 Å². The number of aryl methyl sites for hydroxylation is 1. The summed E-state index contributed by atoms with van der Waals surface area (Å²) in [6.45, 7) is 6.64. The molecule has 0 aliphatic carbocycles. The quantitative estimate of drug-likeness (QED) is 0.204. The minimum absolute atomic E-state index is 0.0259. The summed E-state index contributed by atoms with van der Waals surface area (Å²) >= 11 is 4.91. The van der Waals surface area contributed by atoms with Crippen LogP contribution in [0.1, 0.15) is 37.0 Å². The highest BCUT2D eigenvalue weighted by molar-refractivity contribution is 9.10. The number of amides is 1. The topological polar surface area (TPSA) is 41.9 Å². The van der Waals surface area contributed by atoms with Crippen molar-refractivity contribution in [1.29, 1.82) is 0 Å². The largest absolute Gasteiger partial charge is 0.488 e. The predicted octanol–water partition coefficient (Wildman–Crippen LogP) is 8.89. The molecule has 0 spiro atoms. The third kappa shape index (κ3) is 5.71. The summed E-state index contributed by atoms with van der Waals surface area (Å²) in [5.41, 5.74) is 3.98. The second kappa shape index (κ2) is 11.6. The molecule has 5 rings (SSSR count). The van der Waals surface area contributed by atoms with Crippen molar-refractivity contribution in [3.8, 4) is 5.75 Å². The van der Waals surface area contributed by atoms with Crippen LogP contribution >= 0.6 is 27.7 Å². The van der Waals surface area contributed by atoms with Crippen molar-refractivity contribution in [2.75, 3.05) is 0 Å². The standard InChI is InChI=1S/C32H29BrN2O2S/c1-4-22(3)35-31(36)30(38-32(35)34-26-16-9-21(2)10-17-26)19-28-27-8-6-5-7-24(27)13-18-29(28)37-20-23-11-14-25(33)15-12-23/h5-19,22H,4,20H2,1-3H3/b30-19+,34-32?/t22-/m0/s1. The lowest BCUT2D eigenvalue weighted by atomic mass is 10.0. The second-order valence-corrected chi connectivity index (χ2v) is 11.3. The molecule has 0 saturated carbocycles. The summed E-state index contributed by atoms with van der Waals surface area (Å²) in [5.74, 6) is 0.716. The molecular weight excluding hydrogens is 556 g/mol. The van der Waals surface area contributed by atoms with E-state index >= 15 is 0 Å². The van der Waals surface area contributed by atoms with Crippen LogP contribution in [0.5, 0.6) is 5.75 Å². The van der Waals surface area contributed by atoms with Gasteiger partial charge in [0.2, 0.25) is 0 Å². The van der Waals surface area contributed by atoms with E-state index in [9.17, 15) is 4.79 Å². The molecule has 1 heterocycles. The van der Waals surface area contributed by atoms with Gasteiger partial charge in [-0.2, -0.15) is 0 Å². The van der Waals surface area contributed by atoms with Crippen molar-refractivity contribution in [3.05, 3.63) is 111 Å². The average Bonchev–Trinajstić information content (AvgIpc) is 3.24. The number of thioether (sulfide) groups is 1. The van der Waals surface area contributed by atoms with Gasteiger partial charge in [0.05, 0.1) is 10.6 Å². The first-order valence-electron chi connectivity index (χ1n) is 12.7. The van der Waals surface area contributed by atoms with Gasteiger partial charge in [0.15, 0.2) is 5.17 Å². The first kappa shape index (κ1) is 26.3. The van der Waals surface area contributed by atoms with Crippen molar-refractivity contribution in [1.82, 2.24) is 4.90 Å². The van der Waals surface area contributed by atoms with Crippen LogP contribution < -0.4 is 4.74 Å². The maximum absolute atomic E-state index is 13.7. The molecule has 0 N–H and O–H groups in total. The van der Waals surface area contributed by atoms with Gasteiger partial charge in [0, 0.05) is 16.1 Å². The van der Waals surface area contributed by atoms with Crippen molar-refractivity contribution in [2.24, 2.45) is 4.99 Å². The molecule has 0 radical (unpaired) electrons. The number of benzene rings is 4. The highest BCUT2D eigenvalue weighted by Gasteiger charge is 2.36. The van der Waals surface area contributed by atoms with Crippen molar-refractivity contribution >= 4 is 61.3 Å². The van der Waals surface area contributed by atoms with E-state index in [0.29, 0.717) is 16.7 Å². The number of carbonyl (C=O) groups is 1. The molecule has 0 unspecified atom stereocenters. The zero-order chi connectivity index (χ0) is 26.6. The molecule has 4 nitrogen and oxygen atoms in total. The molecule has 1 fully saturated rings. The molecule has 192 valence electrons. The normalized spacial score (nSPS) is 16.5. The first-order chi connectivity index (χ1) is 18.4. The van der Waals surface area contributed by atoms with Crippen LogP contribution in [0.4, 0.5) is 5.69 Å². The monoisotopic (exact) mass is 584 g/mol. The van der Waals surface area contributed by atoms with Gasteiger partial charge in [-0.1, -0.05) is 83.0 Å². The summed E-state index contributed by atoms with van der Waals surface area (Å²) in [4.78, 5) is 21.1. The number of hydrogen-bond donors (Lipinski definition) is 0. The average molecular weight is 586 g/mol. The van der Waals surface area contributed by atoms with Gasteiger partial charge in [-0.25, -0.2) is 4.99 Å². The Hall–Kier alpha value is -3.35. The van der Waals surface area contributed by atoms with E-state index < -0.39 is 0 Å². The molecular formula is C32H29BrN2O2S. The SMILES string of the molecule is CC[C@H](C)N1C(=O)/C(=C\c2c(OCc3ccc(Br)cc3)ccc3ccccc23)SC1=Nc1ccc(C)cc1. The summed E-state index contributed by atoms with van der Waals surface area (Å²) in [7, 11) is 0.